The van der Waals surface area contributed by atoms with Gasteiger partial charge in [-0.2, -0.15) is 0 Å². The molecule has 0 aliphatic heterocycles. The fourth-order valence-electron chi connectivity index (χ4n) is 3.68. The van der Waals surface area contributed by atoms with Gasteiger partial charge in [0.15, 0.2) is 0 Å². The van der Waals surface area contributed by atoms with Gasteiger partial charge in [0, 0.05) is 13.0 Å². The fourth-order valence-corrected chi connectivity index (χ4v) is 3.68. The predicted octanol–water partition coefficient (Wildman–Crippen LogP) is 2.70. The summed E-state index contributed by atoms with van der Waals surface area (Å²) in [6.07, 6.45) is -6.57. The molecule has 182 valence electrons. The number of alkyl halides is 2. The Labute approximate surface area is 194 Å². The number of carbonyl (C=O) groups is 3. The Kier molecular flexibility index (Phi) is 8.50. The molecule has 1 aliphatic rings. The third kappa shape index (κ3) is 6.06. The molecule has 0 bridgehead atoms. The van der Waals surface area contributed by atoms with Crippen molar-refractivity contribution in [1.82, 2.24) is 10.8 Å². The van der Waals surface area contributed by atoms with Crippen molar-refractivity contribution >= 4 is 18.0 Å². The summed E-state index contributed by atoms with van der Waals surface area (Å²) in [6, 6.07) is 13.4. The summed E-state index contributed by atoms with van der Waals surface area (Å²) in [4.78, 5) is 39.8. The number of methoxy groups -OCH3 is 1. The lowest BCUT2D eigenvalue weighted by Crippen LogP contribution is -2.45. The smallest absolute Gasteiger partial charge is 0.407 e. The van der Waals surface area contributed by atoms with Crippen LogP contribution in [0.2, 0.25) is 0 Å². The molecule has 2 aromatic rings. The van der Waals surface area contributed by atoms with Crippen molar-refractivity contribution in [2.24, 2.45) is 0 Å². The first-order valence-corrected chi connectivity index (χ1v) is 10.4. The van der Waals surface area contributed by atoms with E-state index in [1.165, 1.54) is 7.11 Å². The molecular formula is C23H24F2N2O7. The van der Waals surface area contributed by atoms with Crippen LogP contribution in [0, 0.1) is 0 Å². The maximum Gasteiger partial charge on any atom is 0.407 e. The molecule has 3 N–H and O–H groups in total. The van der Waals surface area contributed by atoms with E-state index in [1.54, 1.807) is 5.48 Å². The van der Waals surface area contributed by atoms with Crippen molar-refractivity contribution in [3.63, 3.8) is 0 Å². The highest BCUT2D eigenvalue weighted by atomic mass is 19.3. The van der Waals surface area contributed by atoms with Crippen LogP contribution in [-0.2, 0) is 23.9 Å². The molecule has 2 aromatic carbocycles. The van der Waals surface area contributed by atoms with Crippen LogP contribution >= 0.6 is 0 Å². The van der Waals surface area contributed by atoms with Crippen molar-refractivity contribution in [3.05, 3.63) is 59.7 Å². The Morgan fingerprint density at radius 2 is 1.62 bits per heavy atom. The number of carboxylic acid groups (broad SMARTS) is 1. The van der Waals surface area contributed by atoms with E-state index in [1.807, 2.05) is 53.8 Å². The number of benzene rings is 2. The summed E-state index contributed by atoms with van der Waals surface area (Å²) >= 11 is 0. The van der Waals surface area contributed by atoms with Crippen molar-refractivity contribution < 1.29 is 42.6 Å². The molecule has 0 saturated carbocycles. The van der Waals surface area contributed by atoms with Crippen LogP contribution in [0.5, 0.6) is 0 Å². The second-order valence-electron chi connectivity index (χ2n) is 7.54. The zero-order valence-corrected chi connectivity index (χ0v) is 18.2. The number of ether oxygens (including phenoxy) is 2. The SMILES string of the molecule is COCC(ONC(=O)CC(NC(=O)OCC1c2ccccc2-c2ccccc21)C(F)F)C(=O)O. The zero-order valence-electron chi connectivity index (χ0n) is 18.2. The number of rotatable bonds is 11. The second kappa shape index (κ2) is 11.5. The van der Waals surface area contributed by atoms with Gasteiger partial charge in [-0.05, 0) is 22.3 Å². The van der Waals surface area contributed by atoms with Crippen LogP contribution < -0.4 is 10.8 Å². The van der Waals surface area contributed by atoms with E-state index in [2.05, 4.69) is 9.57 Å². The van der Waals surface area contributed by atoms with E-state index < -0.39 is 43.0 Å². The highest BCUT2D eigenvalue weighted by Crippen LogP contribution is 2.44. The number of nitrogens with one attached hydrogen (secondary N) is 2. The molecule has 0 spiro atoms. The summed E-state index contributed by atoms with van der Waals surface area (Å²) in [5.74, 6) is -2.72. The fraction of sp³-hybridized carbons (Fsp3) is 0.348. The minimum atomic E-state index is -3.08. The van der Waals surface area contributed by atoms with Crippen molar-refractivity contribution in [2.75, 3.05) is 20.3 Å². The molecule has 11 heteroatoms. The monoisotopic (exact) mass is 478 g/mol. The number of halogens is 2. The number of amides is 2. The van der Waals surface area contributed by atoms with Gasteiger partial charge in [-0.25, -0.2) is 23.9 Å². The van der Waals surface area contributed by atoms with Crippen LogP contribution in [0.3, 0.4) is 0 Å². The van der Waals surface area contributed by atoms with Gasteiger partial charge >= 0.3 is 12.1 Å². The number of alkyl carbamates (subject to hydrolysis) is 1. The number of carboxylic acids is 1. The van der Waals surface area contributed by atoms with Crippen LogP contribution in [0.15, 0.2) is 48.5 Å². The Hall–Kier alpha value is -3.57. The van der Waals surface area contributed by atoms with Gasteiger partial charge < -0.3 is 19.9 Å². The Bertz CT molecular complexity index is 988. The third-order valence-corrected chi connectivity index (χ3v) is 5.26. The van der Waals surface area contributed by atoms with Gasteiger partial charge in [0.1, 0.15) is 12.6 Å². The molecule has 0 radical (unpaired) electrons. The summed E-state index contributed by atoms with van der Waals surface area (Å²) in [7, 11) is 1.23. The molecule has 0 saturated heterocycles. The molecule has 0 aromatic heterocycles. The minimum absolute atomic E-state index is 0.0809. The van der Waals surface area contributed by atoms with Gasteiger partial charge in [0.2, 0.25) is 12.0 Å². The number of hydrogen-bond donors (Lipinski definition) is 3. The molecule has 0 fully saturated rings. The van der Waals surface area contributed by atoms with Crippen LogP contribution in [0.25, 0.3) is 11.1 Å². The van der Waals surface area contributed by atoms with Crippen molar-refractivity contribution in [1.29, 1.82) is 0 Å². The molecule has 2 atom stereocenters. The number of hydroxylamine groups is 1. The molecule has 3 rings (SSSR count). The average molecular weight is 478 g/mol. The lowest BCUT2D eigenvalue weighted by Gasteiger charge is -2.19. The molecule has 2 unspecified atom stereocenters. The minimum Gasteiger partial charge on any atom is -0.479 e. The second-order valence-corrected chi connectivity index (χ2v) is 7.54. The highest BCUT2D eigenvalue weighted by Gasteiger charge is 2.31. The molecule has 1 aliphatic carbocycles. The lowest BCUT2D eigenvalue weighted by atomic mass is 9.98. The quantitative estimate of drug-likeness (QED) is 0.425. The van der Waals surface area contributed by atoms with Gasteiger partial charge in [-0.3, -0.25) is 9.63 Å². The predicted molar refractivity (Wildman–Crippen MR) is 115 cm³/mol. The third-order valence-electron chi connectivity index (χ3n) is 5.26. The van der Waals surface area contributed by atoms with E-state index in [0.717, 1.165) is 22.3 Å². The summed E-state index contributed by atoms with van der Waals surface area (Å²) in [5.41, 5.74) is 5.73. The van der Waals surface area contributed by atoms with Gasteiger partial charge in [0.25, 0.3) is 6.43 Å². The lowest BCUT2D eigenvalue weighted by molar-refractivity contribution is -0.165. The Morgan fingerprint density at radius 1 is 1.03 bits per heavy atom. The van der Waals surface area contributed by atoms with E-state index in [9.17, 15) is 23.2 Å². The first kappa shape index (κ1) is 25.1. The van der Waals surface area contributed by atoms with Crippen molar-refractivity contribution in [2.45, 2.75) is 30.9 Å². The first-order valence-electron chi connectivity index (χ1n) is 10.4. The number of aliphatic carboxylic acids is 1. The summed E-state index contributed by atoms with van der Waals surface area (Å²) < 4.78 is 36.7. The van der Waals surface area contributed by atoms with Crippen LogP contribution in [0.1, 0.15) is 23.5 Å². The van der Waals surface area contributed by atoms with Crippen LogP contribution in [-0.4, -0.2) is 62.0 Å². The maximum absolute atomic E-state index is 13.4. The van der Waals surface area contributed by atoms with Gasteiger partial charge in [-0.15, -0.1) is 0 Å². The zero-order chi connectivity index (χ0) is 24.7. The number of fused-ring (bicyclic) bond motifs is 3. The topological polar surface area (TPSA) is 123 Å². The van der Waals surface area contributed by atoms with E-state index in [0.29, 0.717) is 0 Å². The largest absolute Gasteiger partial charge is 0.479 e. The summed E-state index contributed by atoms with van der Waals surface area (Å²) in [5, 5.41) is 10.9. The highest BCUT2D eigenvalue weighted by molar-refractivity contribution is 5.79. The Balaban J connectivity index is 1.55. The molecule has 0 heterocycles. The van der Waals surface area contributed by atoms with E-state index in [-0.39, 0.29) is 19.1 Å². The first-order chi connectivity index (χ1) is 16.3. The number of carbonyl (C=O) groups excluding carboxylic acids is 2. The number of hydrogen-bond acceptors (Lipinski definition) is 6. The van der Waals surface area contributed by atoms with Gasteiger partial charge in [0.05, 0.1) is 13.0 Å². The van der Waals surface area contributed by atoms with E-state index in [4.69, 9.17) is 9.84 Å². The summed E-state index contributed by atoms with van der Waals surface area (Å²) in [6.45, 7) is -0.450. The molecule has 34 heavy (non-hydrogen) atoms. The van der Waals surface area contributed by atoms with Crippen LogP contribution in [0.4, 0.5) is 13.6 Å². The van der Waals surface area contributed by atoms with Crippen molar-refractivity contribution in [3.8, 4) is 11.1 Å². The average Bonchev–Trinajstić information content (AvgIpc) is 3.13. The standard InChI is InChI=1S/C23H24F2N2O7/c1-32-12-19(22(29)30)34-27-20(28)10-18(21(24)25)26-23(31)33-11-17-15-8-4-2-6-13(15)14-7-3-5-9-16(14)17/h2-9,17-19,21H,10-12H2,1H3,(H,26,31)(H,27,28)(H,29,30). The molecule has 9 nitrogen and oxygen atoms in total. The molecular weight excluding hydrogens is 454 g/mol. The van der Waals surface area contributed by atoms with Gasteiger partial charge in [-0.1, -0.05) is 48.5 Å². The normalized spacial score (nSPS) is 14.1. The van der Waals surface area contributed by atoms with E-state index >= 15 is 0 Å². The Morgan fingerprint density at radius 3 is 2.15 bits per heavy atom. The molecule has 2 amide bonds. The maximum atomic E-state index is 13.4.